The minimum atomic E-state index is -1.32. The van der Waals surface area contributed by atoms with Crippen LogP contribution in [-0.4, -0.2) is 52.1 Å². The number of β-lactam (4-membered cyclic amide) rings is 1. The van der Waals surface area contributed by atoms with Gasteiger partial charge in [0.2, 0.25) is 5.91 Å². The number of ether oxygens (including phenoxy) is 1. The quantitative estimate of drug-likeness (QED) is 0.470. The fourth-order valence-corrected chi connectivity index (χ4v) is 3.07. The molecule has 0 saturated carbocycles. The van der Waals surface area contributed by atoms with Crippen molar-refractivity contribution in [2.45, 2.75) is 11.4 Å². The maximum Gasteiger partial charge on any atom is 0.353 e. The Bertz CT molecular complexity index is 447. The first kappa shape index (κ1) is 11.9. The summed E-state index contributed by atoms with van der Waals surface area (Å²) in [5.74, 6) is -2.37. The summed E-state index contributed by atoms with van der Waals surface area (Å²) in [4.78, 5) is 35.1. The molecule has 1 saturated heterocycles. The lowest BCUT2D eigenvalue weighted by Crippen LogP contribution is -2.68. The van der Waals surface area contributed by atoms with E-state index in [0.717, 1.165) is 12.0 Å². The van der Waals surface area contributed by atoms with Crippen LogP contribution in [0.5, 0.6) is 0 Å². The van der Waals surface area contributed by atoms with Crippen LogP contribution in [0.15, 0.2) is 11.3 Å². The highest BCUT2D eigenvalue weighted by Gasteiger charge is 2.52. The van der Waals surface area contributed by atoms with Crippen molar-refractivity contribution in [1.29, 1.82) is 0 Å². The number of nitrogens with zero attached hydrogens (tertiary/aromatic N) is 1. The zero-order chi connectivity index (χ0) is 12.7. The van der Waals surface area contributed by atoms with Gasteiger partial charge in [-0.3, -0.25) is 9.69 Å². The Morgan fingerprint density at radius 3 is 2.76 bits per heavy atom. The van der Waals surface area contributed by atoms with E-state index in [9.17, 15) is 14.4 Å². The Morgan fingerprint density at radius 1 is 1.59 bits per heavy atom. The van der Waals surface area contributed by atoms with E-state index in [1.54, 1.807) is 0 Å². The first-order valence-corrected chi connectivity index (χ1v) is 5.79. The number of hydrogen-bond donors (Lipinski definition) is 2. The Labute approximate surface area is 101 Å². The number of rotatable bonds is 2. The van der Waals surface area contributed by atoms with Crippen LogP contribution in [0.4, 0.5) is 0 Å². The monoisotopic (exact) mass is 258 g/mol. The van der Waals surface area contributed by atoms with E-state index in [-0.39, 0.29) is 17.0 Å². The van der Waals surface area contributed by atoms with Gasteiger partial charge in [-0.2, -0.15) is 0 Å². The Morgan fingerprint density at radius 2 is 2.24 bits per heavy atom. The third kappa shape index (κ3) is 1.60. The summed E-state index contributed by atoms with van der Waals surface area (Å²) in [6.45, 7) is 0. The molecule has 17 heavy (non-hydrogen) atoms. The van der Waals surface area contributed by atoms with E-state index in [0.29, 0.717) is 0 Å². The van der Waals surface area contributed by atoms with Crippen molar-refractivity contribution >= 4 is 29.6 Å². The molecule has 1 unspecified atom stereocenters. The highest BCUT2D eigenvalue weighted by atomic mass is 32.2. The number of carboxylic acids is 1. The van der Waals surface area contributed by atoms with E-state index in [4.69, 9.17) is 10.8 Å². The largest absolute Gasteiger partial charge is 0.477 e. The smallest absolute Gasteiger partial charge is 0.353 e. The number of esters is 1. The number of carbonyl (C=O) groups excluding carboxylic acids is 2. The SMILES string of the molecule is COC(=O)C1=C(C(=O)O)N2C(=O)C(N)[C@H]2SC1. The van der Waals surface area contributed by atoms with Crippen LogP contribution < -0.4 is 5.73 Å². The van der Waals surface area contributed by atoms with Crippen molar-refractivity contribution in [1.82, 2.24) is 4.90 Å². The van der Waals surface area contributed by atoms with E-state index in [1.807, 2.05) is 0 Å². The van der Waals surface area contributed by atoms with Gasteiger partial charge in [0.1, 0.15) is 17.1 Å². The number of carbonyl (C=O) groups is 3. The normalized spacial score (nSPS) is 27.4. The molecule has 2 atom stereocenters. The molecule has 0 spiro atoms. The molecule has 7 nitrogen and oxygen atoms in total. The molecule has 0 aromatic rings. The molecule has 2 rings (SSSR count). The predicted octanol–water partition coefficient (Wildman–Crippen LogP) is -1.26. The fraction of sp³-hybridized carbons (Fsp3) is 0.444. The van der Waals surface area contributed by atoms with Gasteiger partial charge in [0.25, 0.3) is 0 Å². The molecule has 0 aromatic heterocycles. The molecule has 0 aromatic carbocycles. The second-order valence-corrected chi connectivity index (χ2v) is 4.66. The molecular weight excluding hydrogens is 248 g/mol. The van der Waals surface area contributed by atoms with Crippen molar-refractivity contribution in [2.24, 2.45) is 5.73 Å². The number of thioether (sulfide) groups is 1. The molecule has 1 fully saturated rings. The minimum Gasteiger partial charge on any atom is -0.477 e. The van der Waals surface area contributed by atoms with Crippen LogP contribution in [0.25, 0.3) is 0 Å². The minimum absolute atomic E-state index is 0.0125. The first-order valence-electron chi connectivity index (χ1n) is 4.74. The highest BCUT2D eigenvalue weighted by Crippen LogP contribution is 2.39. The average molecular weight is 258 g/mol. The van der Waals surface area contributed by atoms with Gasteiger partial charge in [0.15, 0.2) is 0 Å². The van der Waals surface area contributed by atoms with Crippen LogP contribution in [0.1, 0.15) is 0 Å². The zero-order valence-corrected chi connectivity index (χ0v) is 9.69. The van der Waals surface area contributed by atoms with Gasteiger partial charge in [0.05, 0.1) is 12.7 Å². The molecule has 8 heteroatoms. The number of nitrogens with two attached hydrogens (primary N) is 1. The molecule has 1 amide bonds. The van der Waals surface area contributed by atoms with Gasteiger partial charge in [-0.25, -0.2) is 9.59 Å². The number of carboxylic acid groups (broad SMARTS) is 1. The fourth-order valence-electron chi connectivity index (χ4n) is 1.80. The van der Waals surface area contributed by atoms with Crippen molar-refractivity contribution in [3.8, 4) is 0 Å². The van der Waals surface area contributed by atoms with Gasteiger partial charge in [0, 0.05) is 5.75 Å². The van der Waals surface area contributed by atoms with E-state index in [1.165, 1.54) is 11.8 Å². The Balaban J connectivity index is 2.43. The first-order chi connectivity index (χ1) is 7.99. The standard InChI is InChI=1S/C9H10N2O5S/c1-16-9(15)3-2-17-7-4(10)6(12)11(7)5(3)8(13)14/h4,7H,2,10H2,1H3,(H,13,14)/t4?,7-/m1/s1. The van der Waals surface area contributed by atoms with Crippen LogP contribution in [-0.2, 0) is 19.1 Å². The van der Waals surface area contributed by atoms with Gasteiger partial charge in [-0.1, -0.05) is 0 Å². The van der Waals surface area contributed by atoms with Crippen LogP contribution in [0, 0.1) is 0 Å². The van der Waals surface area contributed by atoms with Crippen molar-refractivity contribution in [3.63, 3.8) is 0 Å². The van der Waals surface area contributed by atoms with Crippen LogP contribution in [0.2, 0.25) is 0 Å². The second-order valence-electron chi connectivity index (χ2n) is 3.56. The summed E-state index contributed by atoms with van der Waals surface area (Å²) >= 11 is 1.26. The molecule has 0 radical (unpaired) electrons. The predicted molar refractivity (Wildman–Crippen MR) is 57.7 cm³/mol. The lowest BCUT2D eigenvalue weighted by Gasteiger charge is -2.47. The van der Waals surface area contributed by atoms with Crippen molar-refractivity contribution in [3.05, 3.63) is 11.3 Å². The summed E-state index contributed by atoms with van der Waals surface area (Å²) < 4.78 is 4.50. The molecule has 2 aliphatic rings. The van der Waals surface area contributed by atoms with Crippen molar-refractivity contribution < 1.29 is 24.2 Å². The lowest BCUT2D eigenvalue weighted by atomic mass is 10.0. The third-order valence-electron chi connectivity index (χ3n) is 2.64. The van der Waals surface area contributed by atoms with Gasteiger partial charge in [-0.15, -0.1) is 11.8 Å². The van der Waals surface area contributed by atoms with E-state index in [2.05, 4.69) is 4.74 Å². The van der Waals surface area contributed by atoms with Gasteiger partial charge < -0.3 is 15.6 Å². The van der Waals surface area contributed by atoms with Crippen LogP contribution >= 0.6 is 11.8 Å². The molecule has 92 valence electrons. The number of aliphatic carboxylic acids is 1. The van der Waals surface area contributed by atoms with Crippen molar-refractivity contribution in [2.75, 3.05) is 12.9 Å². The molecule has 0 aliphatic carbocycles. The molecule has 2 heterocycles. The molecule has 2 aliphatic heterocycles. The van der Waals surface area contributed by atoms with E-state index >= 15 is 0 Å². The maximum atomic E-state index is 11.5. The molecule has 0 bridgehead atoms. The summed E-state index contributed by atoms with van der Waals surface area (Å²) in [6.07, 6.45) is 0. The highest BCUT2D eigenvalue weighted by molar-refractivity contribution is 8.00. The summed E-state index contributed by atoms with van der Waals surface area (Å²) in [7, 11) is 1.16. The van der Waals surface area contributed by atoms with Crippen LogP contribution in [0.3, 0.4) is 0 Å². The molecule has 3 N–H and O–H groups in total. The van der Waals surface area contributed by atoms with Gasteiger partial charge in [-0.05, 0) is 0 Å². The summed E-state index contributed by atoms with van der Waals surface area (Å²) in [5.41, 5.74) is 5.22. The maximum absolute atomic E-state index is 11.5. The average Bonchev–Trinajstić information content (AvgIpc) is 2.34. The van der Waals surface area contributed by atoms with E-state index < -0.39 is 29.3 Å². The van der Waals surface area contributed by atoms with Gasteiger partial charge >= 0.3 is 11.9 Å². The Kier molecular flexibility index (Phi) is 2.84. The second kappa shape index (κ2) is 4.04. The zero-order valence-electron chi connectivity index (χ0n) is 8.87. The lowest BCUT2D eigenvalue weighted by molar-refractivity contribution is -0.148. The number of methoxy groups -OCH3 is 1. The number of fused-ring (bicyclic) bond motifs is 1. The number of hydrogen-bond acceptors (Lipinski definition) is 6. The molecular formula is C9H10N2O5S. The summed E-state index contributed by atoms with van der Waals surface area (Å²) in [6, 6.07) is -0.700. The number of amides is 1. The third-order valence-corrected chi connectivity index (χ3v) is 3.94. The topological polar surface area (TPSA) is 110 Å². The Hall–Kier alpha value is -1.54. The summed E-state index contributed by atoms with van der Waals surface area (Å²) in [5, 5.41) is 8.67.